The minimum Gasteiger partial charge on any atom is -0.360 e. The van der Waals surface area contributed by atoms with Crippen LogP contribution in [0.1, 0.15) is 77.7 Å². The summed E-state index contributed by atoms with van der Waals surface area (Å²) in [5.74, 6) is 0.743. The van der Waals surface area contributed by atoms with Crippen LogP contribution in [0.4, 0.5) is 26.1 Å². The van der Waals surface area contributed by atoms with Gasteiger partial charge >= 0.3 is 0 Å². The lowest BCUT2D eigenvalue weighted by Gasteiger charge is -2.48. The lowest BCUT2D eigenvalue weighted by molar-refractivity contribution is -0.123. The molecule has 3 fully saturated rings. The maximum absolute atomic E-state index is 15.5. The molecule has 3 saturated heterocycles. The fourth-order valence-electron chi connectivity index (χ4n) is 6.69. The van der Waals surface area contributed by atoms with Crippen LogP contribution in [-0.4, -0.2) is 79.2 Å². The number of hydrogen-bond acceptors (Lipinski definition) is 7. The lowest BCUT2D eigenvalue weighted by atomic mass is 9.82. The predicted octanol–water partition coefficient (Wildman–Crippen LogP) is 5.37. The third-order valence-electron chi connectivity index (χ3n) is 9.71. The number of piperidine rings is 2. The first-order valence-electron chi connectivity index (χ1n) is 16.1. The lowest BCUT2D eigenvalue weighted by Crippen LogP contribution is -2.66. The zero-order chi connectivity index (χ0) is 30.6. The summed E-state index contributed by atoms with van der Waals surface area (Å²) in [4.78, 5) is 30.2. The smallest absolute Gasteiger partial charge is 0.240 e. The zero-order valence-corrected chi connectivity index (χ0v) is 26.5. The Morgan fingerprint density at radius 3 is 2.40 bits per heavy atom. The highest BCUT2D eigenvalue weighted by Gasteiger charge is 2.42. The van der Waals surface area contributed by atoms with E-state index in [1.807, 2.05) is 6.07 Å². The van der Waals surface area contributed by atoms with Gasteiger partial charge in [0.1, 0.15) is 29.6 Å². The summed E-state index contributed by atoms with van der Waals surface area (Å²) >= 11 is 0. The van der Waals surface area contributed by atoms with Crippen molar-refractivity contribution in [3.8, 4) is 0 Å². The van der Waals surface area contributed by atoms with E-state index in [9.17, 15) is 4.79 Å². The number of anilines is 3. The number of carbonyl (C=O) groups excluding carboxylic acids is 1. The van der Waals surface area contributed by atoms with E-state index in [-0.39, 0.29) is 18.1 Å². The predicted molar refractivity (Wildman–Crippen MR) is 169 cm³/mol. The molecule has 1 N–H and O–H groups in total. The van der Waals surface area contributed by atoms with E-state index in [4.69, 9.17) is 0 Å². The zero-order valence-electron chi connectivity index (χ0n) is 26.5. The Morgan fingerprint density at radius 1 is 0.930 bits per heavy atom. The maximum atomic E-state index is 15.5. The molecule has 2 aromatic rings. The number of hydrogen-bond donors (Lipinski definition) is 1. The Bertz CT molecular complexity index is 1250. The van der Waals surface area contributed by atoms with Gasteiger partial charge in [-0.2, -0.15) is 0 Å². The van der Waals surface area contributed by atoms with Crippen molar-refractivity contribution in [1.82, 2.24) is 20.2 Å². The summed E-state index contributed by atoms with van der Waals surface area (Å²) in [5.41, 5.74) is 0.342. The van der Waals surface area contributed by atoms with Crippen molar-refractivity contribution in [1.29, 1.82) is 0 Å². The molecule has 10 heteroatoms. The number of nitrogens with one attached hydrogen (secondary N) is 1. The molecule has 8 nitrogen and oxygen atoms in total. The summed E-state index contributed by atoms with van der Waals surface area (Å²) in [6, 6.07) is 4.66. The summed E-state index contributed by atoms with van der Waals surface area (Å²) in [7, 11) is 2.07. The second kappa shape index (κ2) is 13.3. The van der Waals surface area contributed by atoms with Gasteiger partial charge in [-0.05, 0) is 56.7 Å². The van der Waals surface area contributed by atoms with Gasteiger partial charge in [-0.25, -0.2) is 18.7 Å². The Labute approximate surface area is 255 Å². The molecule has 3 aliphatic rings. The number of nitrogens with zero attached hydrogens (tertiary/aromatic N) is 6. The van der Waals surface area contributed by atoms with Crippen LogP contribution in [0, 0.1) is 17.0 Å². The van der Waals surface area contributed by atoms with Crippen molar-refractivity contribution >= 4 is 23.2 Å². The van der Waals surface area contributed by atoms with Crippen molar-refractivity contribution < 1.29 is 13.6 Å². The first-order valence-corrected chi connectivity index (χ1v) is 16.1. The second-order valence-electron chi connectivity index (χ2n) is 13.7. The second-order valence-corrected chi connectivity index (χ2v) is 13.7. The summed E-state index contributed by atoms with van der Waals surface area (Å²) < 4.78 is 30.8. The van der Waals surface area contributed by atoms with E-state index in [0.717, 1.165) is 50.5 Å². The summed E-state index contributed by atoms with van der Waals surface area (Å²) in [6.45, 7) is 11.7. The molecule has 1 aromatic heterocycles. The Morgan fingerprint density at radius 2 is 1.67 bits per heavy atom. The average Bonchev–Trinajstić information content (AvgIpc) is 2.98. The van der Waals surface area contributed by atoms with Crippen LogP contribution in [0.2, 0.25) is 0 Å². The quantitative estimate of drug-likeness (QED) is 0.370. The third kappa shape index (κ3) is 7.75. The van der Waals surface area contributed by atoms with Crippen LogP contribution < -0.4 is 20.0 Å². The molecule has 0 bridgehead atoms. The number of unbranched alkanes of at least 4 members (excludes halogenated alkanes) is 3. The van der Waals surface area contributed by atoms with Gasteiger partial charge in [0.2, 0.25) is 5.91 Å². The van der Waals surface area contributed by atoms with Gasteiger partial charge in [0.25, 0.3) is 0 Å². The standard InChI is InChI=1S/C33H49F2N7O/c1-5-6-7-8-13-39(4)29-20-30(37-24-36-29)41-16-11-33(12-17-41)23-42(22-31(43)38-33)28-19-26(34)25(18-27(28)35)21-40-14-9-32(2,3)10-15-40/h18-20,24H,5-17,21-23H2,1-4H3,(H,38,43). The summed E-state index contributed by atoms with van der Waals surface area (Å²) in [6.07, 6.45) is 9.91. The van der Waals surface area contributed by atoms with Gasteiger partial charge in [-0.1, -0.05) is 40.0 Å². The molecular weight excluding hydrogens is 548 g/mol. The van der Waals surface area contributed by atoms with E-state index in [2.05, 4.69) is 57.8 Å². The first kappa shape index (κ1) is 31.4. The SMILES string of the molecule is CCCCCCN(C)c1cc(N2CCC3(CC2)CN(c2cc(F)c(CN4CCC(C)(C)CC4)cc2F)CC(=O)N3)ncn1. The highest BCUT2D eigenvalue weighted by molar-refractivity contribution is 5.84. The third-order valence-corrected chi connectivity index (χ3v) is 9.71. The number of likely N-dealkylation sites (tertiary alicyclic amines) is 1. The Hall–Kier alpha value is -3.01. The number of halogens is 2. The molecule has 1 amide bonds. The van der Waals surface area contributed by atoms with E-state index in [1.165, 1.54) is 31.4 Å². The minimum absolute atomic E-state index is 0.0161. The minimum atomic E-state index is -0.500. The number of aromatic nitrogens is 2. The van der Waals surface area contributed by atoms with Gasteiger partial charge < -0.3 is 20.0 Å². The molecule has 0 aliphatic carbocycles. The van der Waals surface area contributed by atoms with Crippen molar-refractivity contribution in [2.24, 2.45) is 5.41 Å². The fourth-order valence-corrected chi connectivity index (χ4v) is 6.69. The monoisotopic (exact) mass is 597 g/mol. The topological polar surface area (TPSA) is 67.8 Å². The van der Waals surface area contributed by atoms with E-state index >= 15 is 8.78 Å². The molecule has 0 unspecified atom stereocenters. The van der Waals surface area contributed by atoms with Crippen LogP contribution in [0.3, 0.4) is 0 Å². The van der Waals surface area contributed by atoms with Gasteiger partial charge in [-0.3, -0.25) is 9.69 Å². The molecule has 4 heterocycles. The molecule has 43 heavy (non-hydrogen) atoms. The molecule has 1 aromatic carbocycles. The highest BCUT2D eigenvalue weighted by atomic mass is 19.1. The van der Waals surface area contributed by atoms with Gasteiger partial charge in [0.15, 0.2) is 0 Å². The van der Waals surface area contributed by atoms with Gasteiger partial charge in [-0.15, -0.1) is 0 Å². The largest absolute Gasteiger partial charge is 0.360 e. The Kier molecular flexibility index (Phi) is 9.73. The van der Waals surface area contributed by atoms with Crippen LogP contribution in [0.15, 0.2) is 24.5 Å². The average molecular weight is 598 g/mol. The summed E-state index contributed by atoms with van der Waals surface area (Å²) in [5, 5.41) is 3.20. The number of benzene rings is 1. The van der Waals surface area contributed by atoms with E-state index in [0.29, 0.717) is 50.0 Å². The Balaban J connectivity index is 1.21. The maximum Gasteiger partial charge on any atom is 0.240 e. The number of rotatable bonds is 10. The molecule has 0 atom stereocenters. The molecule has 0 saturated carbocycles. The van der Waals surface area contributed by atoms with Crippen molar-refractivity contribution in [3.05, 3.63) is 41.7 Å². The van der Waals surface area contributed by atoms with Crippen LogP contribution in [0.5, 0.6) is 0 Å². The van der Waals surface area contributed by atoms with Crippen molar-refractivity contribution in [2.75, 3.05) is 67.6 Å². The van der Waals surface area contributed by atoms with Crippen molar-refractivity contribution in [3.63, 3.8) is 0 Å². The molecule has 5 rings (SSSR count). The molecule has 0 radical (unpaired) electrons. The van der Waals surface area contributed by atoms with Gasteiger partial charge in [0, 0.05) is 57.5 Å². The molecule has 3 aliphatic heterocycles. The molecule has 236 valence electrons. The van der Waals surface area contributed by atoms with Crippen LogP contribution in [0.25, 0.3) is 0 Å². The van der Waals surface area contributed by atoms with Crippen molar-refractivity contribution in [2.45, 2.75) is 84.2 Å². The highest BCUT2D eigenvalue weighted by Crippen LogP contribution is 2.34. The molecule has 1 spiro atoms. The molecular formula is C33H49F2N7O. The van der Waals surface area contributed by atoms with Crippen LogP contribution >= 0.6 is 0 Å². The van der Waals surface area contributed by atoms with E-state index < -0.39 is 17.2 Å². The van der Waals surface area contributed by atoms with Gasteiger partial charge in [0.05, 0.1) is 17.8 Å². The first-order chi connectivity index (χ1) is 20.6. The van der Waals surface area contributed by atoms with Crippen LogP contribution in [-0.2, 0) is 11.3 Å². The number of amides is 1. The fraction of sp³-hybridized carbons (Fsp3) is 0.667. The van der Waals surface area contributed by atoms with E-state index in [1.54, 1.807) is 11.2 Å². The number of carbonyl (C=O) groups is 1. The normalized spacial score (nSPS) is 20.4. The number of piperazine rings is 1.